The molecule has 1 aromatic heterocycles. The minimum Gasteiger partial charge on any atom is -0.489 e. The summed E-state index contributed by atoms with van der Waals surface area (Å²) in [6, 6.07) is 4.28. The van der Waals surface area contributed by atoms with E-state index in [1.807, 2.05) is 45.7 Å². The Morgan fingerprint density at radius 2 is 1.76 bits per heavy atom. The number of nitrogens with one attached hydrogen (secondary N) is 1. The Kier molecular flexibility index (Phi) is 8.05. The van der Waals surface area contributed by atoms with Gasteiger partial charge in [0.25, 0.3) is 0 Å². The minimum absolute atomic E-state index is 0.0412. The van der Waals surface area contributed by atoms with Crippen molar-refractivity contribution in [2.45, 2.75) is 91.8 Å². The summed E-state index contributed by atoms with van der Waals surface area (Å²) >= 11 is 0. The first-order valence-corrected chi connectivity index (χ1v) is 12.3. The zero-order valence-electron chi connectivity index (χ0n) is 21.9. The third-order valence-corrected chi connectivity index (χ3v) is 5.84. The number of ether oxygens (including phenoxy) is 2. The summed E-state index contributed by atoms with van der Waals surface area (Å²) in [5, 5.41) is 3.39. The molecule has 0 unspecified atom stereocenters. The number of carbonyl (C=O) groups is 1. The molecule has 1 aliphatic rings. The zero-order chi connectivity index (χ0) is 25.0. The van der Waals surface area contributed by atoms with Crippen LogP contribution in [0.15, 0.2) is 24.5 Å². The number of nitrogens with zero attached hydrogens (tertiary/aromatic N) is 3. The predicted molar refractivity (Wildman–Crippen MR) is 136 cm³/mol. The number of carbonyl (C=O) groups excluding carboxylic acids is 1. The normalized spacial score (nSPS) is 15.1. The topological polar surface area (TPSA) is 76.6 Å². The number of aryl methyl sites for hydroxylation is 1. The van der Waals surface area contributed by atoms with E-state index in [2.05, 4.69) is 48.2 Å². The van der Waals surface area contributed by atoms with Gasteiger partial charge in [-0.25, -0.2) is 9.78 Å². The molecule has 7 heteroatoms. The third kappa shape index (κ3) is 6.84. The first-order chi connectivity index (χ1) is 15.9. The molecule has 2 aromatic rings. The number of aromatic nitrogens is 2. The van der Waals surface area contributed by atoms with Crippen molar-refractivity contribution >= 4 is 17.6 Å². The Hall–Kier alpha value is -2.83. The van der Waals surface area contributed by atoms with Gasteiger partial charge in [-0.3, -0.25) is 4.98 Å². The van der Waals surface area contributed by atoms with Crippen LogP contribution < -0.4 is 10.1 Å². The van der Waals surface area contributed by atoms with Gasteiger partial charge in [0.1, 0.15) is 17.2 Å². The highest BCUT2D eigenvalue weighted by molar-refractivity contribution is 5.69. The Balaban J connectivity index is 1.77. The van der Waals surface area contributed by atoms with E-state index >= 15 is 0 Å². The summed E-state index contributed by atoms with van der Waals surface area (Å²) < 4.78 is 11.7. The van der Waals surface area contributed by atoms with E-state index in [1.165, 1.54) is 11.1 Å². The molecule has 34 heavy (non-hydrogen) atoms. The van der Waals surface area contributed by atoms with Gasteiger partial charge in [-0.2, -0.15) is 0 Å². The number of likely N-dealkylation sites (tertiary alicyclic amines) is 1. The smallest absolute Gasteiger partial charge is 0.410 e. The van der Waals surface area contributed by atoms with Crippen molar-refractivity contribution in [2.24, 2.45) is 0 Å². The second kappa shape index (κ2) is 10.6. The summed E-state index contributed by atoms with van der Waals surface area (Å²) in [7, 11) is 0. The molecule has 1 saturated heterocycles. The van der Waals surface area contributed by atoms with Crippen molar-refractivity contribution in [2.75, 3.05) is 18.4 Å². The first-order valence-electron chi connectivity index (χ1n) is 12.3. The standard InChI is InChI=1S/C27H40N4O3/c1-17(2)23-15-29-25(16-28-23)30-22-13-19(5)21(14-24(22)33-18(3)4)20-9-11-31(12-10-20)26(32)34-27(6,7)8/h13-18,20H,9-12H2,1-8H3,(H,29,30). The van der Waals surface area contributed by atoms with E-state index in [0.717, 1.165) is 30.0 Å². The van der Waals surface area contributed by atoms with E-state index in [1.54, 1.807) is 6.20 Å². The molecule has 186 valence electrons. The van der Waals surface area contributed by atoms with Crippen LogP contribution in [0.5, 0.6) is 5.75 Å². The van der Waals surface area contributed by atoms with Crippen LogP contribution in [0, 0.1) is 6.92 Å². The summed E-state index contributed by atoms with van der Waals surface area (Å²) in [4.78, 5) is 23.3. The van der Waals surface area contributed by atoms with E-state index in [0.29, 0.717) is 30.7 Å². The lowest BCUT2D eigenvalue weighted by Gasteiger charge is -2.34. The molecule has 0 spiro atoms. The van der Waals surface area contributed by atoms with Gasteiger partial charge in [0.2, 0.25) is 0 Å². The molecule has 0 bridgehead atoms. The molecule has 2 heterocycles. The van der Waals surface area contributed by atoms with Gasteiger partial charge in [0.15, 0.2) is 0 Å². The molecule has 0 radical (unpaired) electrons. The van der Waals surface area contributed by atoms with Crippen LogP contribution in [0.4, 0.5) is 16.3 Å². The molecule has 0 saturated carbocycles. The van der Waals surface area contributed by atoms with Crippen LogP contribution >= 0.6 is 0 Å². The second-order valence-electron chi connectivity index (χ2n) is 10.7. The number of amides is 1. The van der Waals surface area contributed by atoms with Gasteiger partial charge in [0, 0.05) is 13.1 Å². The third-order valence-electron chi connectivity index (χ3n) is 5.84. The molecular weight excluding hydrogens is 428 g/mol. The SMILES string of the molecule is Cc1cc(Nc2cnc(C(C)C)cn2)c(OC(C)C)cc1C1CCN(C(=O)OC(C)(C)C)CC1. The van der Waals surface area contributed by atoms with Crippen molar-refractivity contribution in [3.63, 3.8) is 0 Å². The van der Waals surface area contributed by atoms with Gasteiger partial charge in [-0.15, -0.1) is 0 Å². The van der Waals surface area contributed by atoms with Crippen LogP contribution in [-0.4, -0.2) is 45.8 Å². The van der Waals surface area contributed by atoms with Crippen molar-refractivity contribution in [1.29, 1.82) is 0 Å². The maximum absolute atomic E-state index is 12.4. The van der Waals surface area contributed by atoms with Crippen molar-refractivity contribution in [3.8, 4) is 5.75 Å². The average Bonchev–Trinajstić information content (AvgIpc) is 2.74. The molecular formula is C27H40N4O3. The number of anilines is 2. The Bertz CT molecular complexity index is 973. The molecule has 0 aliphatic carbocycles. The van der Waals surface area contributed by atoms with Crippen molar-refractivity contribution in [3.05, 3.63) is 41.3 Å². The van der Waals surface area contributed by atoms with Crippen LogP contribution in [-0.2, 0) is 4.74 Å². The first kappa shape index (κ1) is 25.8. The van der Waals surface area contributed by atoms with E-state index < -0.39 is 5.60 Å². The zero-order valence-corrected chi connectivity index (χ0v) is 21.9. The predicted octanol–water partition coefficient (Wildman–Crippen LogP) is 6.55. The van der Waals surface area contributed by atoms with Gasteiger partial charge in [0.05, 0.1) is 29.9 Å². The molecule has 1 aliphatic heterocycles. The highest BCUT2D eigenvalue weighted by Crippen LogP contribution is 2.38. The molecule has 0 atom stereocenters. The van der Waals surface area contributed by atoms with Crippen LogP contribution in [0.25, 0.3) is 0 Å². The van der Waals surface area contributed by atoms with Crippen LogP contribution in [0.2, 0.25) is 0 Å². The average molecular weight is 469 g/mol. The largest absolute Gasteiger partial charge is 0.489 e. The molecule has 1 amide bonds. The summed E-state index contributed by atoms with van der Waals surface area (Å²) in [6.45, 7) is 17.5. The lowest BCUT2D eigenvalue weighted by Crippen LogP contribution is -2.41. The second-order valence-corrected chi connectivity index (χ2v) is 10.7. The molecule has 1 fully saturated rings. The quantitative estimate of drug-likeness (QED) is 0.518. The maximum Gasteiger partial charge on any atom is 0.410 e. The number of benzene rings is 1. The fraction of sp³-hybridized carbons (Fsp3) is 0.593. The highest BCUT2D eigenvalue weighted by Gasteiger charge is 2.28. The number of hydrogen-bond acceptors (Lipinski definition) is 6. The molecule has 7 nitrogen and oxygen atoms in total. The maximum atomic E-state index is 12.4. The number of hydrogen-bond donors (Lipinski definition) is 1. The molecule has 1 aromatic carbocycles. The summed E-state index contributed by atoms with van der Waals surface area (Å²) in [5.74, 6) is 2.20. The lowest BCUT2D eigenvalue weighted by molar-refractivity contribution is 0.0204. The van der Waals surface area contributed by atoms with Gasteiger partial charge in [-0.1, -0.05) is 13.8 Å². The van der Waals surface area contributed by atoms with E-state index in [4.69, 9.17) is 9.47 Å². The Morgan fingerprint density at radius 1 is 1.09 bits per heavy atom. The van der Waals surface area contributed by atoms with Crippen LogP contribution in [0.3, 0.4) is 0 Å². The van der Waals surface area contributed by atoms with Gasteiger partial charge >= 0.3 is 6.09 Å². The van der Waals surface area contributed by atoms with Crippen molar-refractivity contribution < 1.29 is 14.3 Å². The fourth-order valence-corrected chi connectivity index (χ4v) is 4.13. The summed E-state index contributed by atoms with van der Waals surface area (Å²) in [5.41, 5.74) is 3.84. The minimum atomic E-state index is -0.476. The Morgan fingerprint density at radius 3 is 2.29 bits per heavy atom. The molecule has 3 rings (SSSR count). The van der Waals surface area contributed by atoms with E-state index in [9.17, 15) is 4.79 Å². The number of rotatable bonds is 6. The number of piperidine rings is 1. The monoisotopic (exact) mass is 468 g/mol. The lowest BCUT2D eigenvalue weighted by atomic mass is 9.86. The Labute approximate surface area is 204 Å². The van der Waals surface area contributed by atoms with E-state index in [-0.39, 0.29) is 12.2 Å². The van der Waals surface area contributed by atoms with Gasteiger partial charge in [-0.05, 0) is 89.5 Å². The molecule has 1 N–H and O–H groups in total. The highest BCUT2D eigenvalue weighted by atomic mass is 16.6. The van der Waals surface area contributed by atoms with Crippen LogP contribution in [0.1, 0.15) is 90.0 Å². The van der Waals surface area contributed by atoms with Crippen molar-refractivity contribution in [1.82, 2.24) is 14.9 Å². The van der Waals surface area contributed by atoms with Gasteiger partial charge < -0.3 is 19.7 Å². The fourth-order valence-electron chi connectivity index (χ4n) is 4.13. The summed E-state index contributed by atoms with van der Waals surface area (Å²) in [6.07, 6.45) is 5.20.